The summed E-state index contributed by atoms with van der Waals surface area (Å²) in [6.45, 7) is 10.2. The molecule has 3 aromatic carbocycles. The van der Waals surface area contributed by atoms with Gasteiger partial charge in [-0.25, -0.2) is 0 Å². The maximum absolute atomic E-state index is 12.9. The molecule has 4 heteroatoms. The van der Waals surface area contributed by atoms with Crippen molar-refractivity contribution in [1.82, 2.24) is 0 Å². The summed E-state index contributed by atoms with van der Waals surface area (Å²) in [7, 11) is -2.91. The van der Waals surface area contributed by atoms with Crippen LogP contribution < -0.4 is 15.9 Å². The van der Waals surface area contributed by atoms with Gasteiger partial charge in [0.25, 0.3) is 0 Å². The quantitative estimate of drug-likeness (QED) is 0.270. The average molecular weight is 511 g/mol. The summed E-state index contributed by atoms with van der Waals surface area (Å²) >= 11 is 0.0196. The summed E-state index contributed by atoms with van der Waals surface area (Å²) in [5.74, 6) is -0.702. The third kappa shape index (κ3) is 4.08. The molecule has 0 amide bonds. The van der Waals surface area contributed by atoms with Crippen molar-refractivity contribution < 1.29 is 27.9 Å². The summed E-state index contributed by atoms with van der Waals surface area (Å²) < 4.78 is -0.451. The molecular formula is C26H29O2PPd. The van der Waals surface area contributed by atoms with E-state index in [1.54, 1.807) is 0 Å². The number of allylic oxidation sites excluding steroid dienone is 1. The Hall–Kier alpha value is -2.04. The summed E-state index contributed by atoms with van der Waals surface area (Å²) in [4.78, 5) is 13.6. The van der Waals surface area contributed by atoms with E-state index in [1.807, 2.05) is 24.3 Å². The van der Waals surface area contributed by atoms with E-state index in [9.17, 15) is 9.90 Å². The molecule has 3 aromatic rings. The van der Waals surface area contributed by atoms with E-state index >= 15 is 0 Å². The summed E-state index contributed by atoms with van der Waals surface area (Å²) in [6, 6.07) is 25.1. The van der Waals surface area contributed by atoms with Crippen LogP contribution in [0.1, 0.15) is 16.7 Å². The molecule has 0 spiro atoms. The van der Waals surface area contributed by atoms with Crippen LogP contribution in [0.3, 0.4) is 0 Å². The Morgan fingerprint density at radius 1 is 0.867 bits per heavy atom. The number of carbonyl (C=O) groups is 1. The number of benzene rings is 3. The first-order valence-corrected chi connectivity index (χ1v) is 14.0. The van der Waals surface area contributed by atoms with Crippen molar-refractivity contribution in [3.05, 3.63) is 102 Å². The van der Waals surface area contributed by atoms with Crippen LogP contribution in [0.25, 0.3) is 0 Å². The van der Waals surface area contributed by atoms with Gasteiger partial charge in [-0.05, 0) is 0 Å². The van der Waals surface area contributed by atoms with Gasteiger partial charge in [0.15, 0.2) is 0 Å². The molecule has 0 saturated heterocycles. The van der Waals surface area contributed by atoms with E-state index in [1.165, 1.54) is 15.9 Å². The fourth-order valence-corrected chi connectivity index (χ4v) is 14.7. The van der Waals surface area contributed by atoms with Gasteiger partial charge in [0.1, 0.15) is 0 Å². The first-order valence-electron chi connectivity index (χ1n) is 9.96. The topological polar surface area (TPSA) is 37.3 Å². The fourth-order valence-electron chi connectivity index (χ4n) is 4.33. The summed E-state index contributed by atoms with van der Waals surface area (Å²) in [5, 5.41) is 14.2. The van der Waals surface area contributed by atoms with Crippen molar-refractivity contribution in [1.29, 1.82) is 0 Å². The summed E-state index contributed by atoms with van der Waals surface area (Å²) in [6.07, 6.45) is 1.86. The molecule has 30 heavy (non-hydrogen) atoms. The molecule has 1 unspecified atom stereocenters. The van der Waals surface area contributed by atoms with E-state index < -0.39 is 17.4 Å². The first kappa shape index (κ1) is 22.6. The van der Waals surface area contributed by atoms with Gasteiger partial charge in [0.05, 0.1) is 0 Å². The second kappa shape index (κ2) is 9.85. The minimum atomic E-state index is -2.91. The zero-order chi connectivity index (χ0) is 21.7. The van der Waals surface area contributed by atoms with Gasteiger partial charge in [-0.3, -0.25) is 0 Å². The van der Waals surface area contributed by atoms with E-state index in [0.717, 1.165) is 21.6 Å². The predicted octanol–water partition coefficient (Wildman–Crippen LogP) is 4.74. The van der Waals surface area contributed by atoms with Crippen LogP contribution in [0.5, 0.6) is 0 Å². The Morgan fingerprint density at radius 2 is 1.23 bits per heavy atom. The number of aliphatic carboxylic acids is 1. The number of carboxylic acids is 1. The Morgan fingerprint density at radius 3 is 1.53 bits per heavy atom. The molecule has 1 N–H and O–H groups in total. The number of carboxylic acid groups (broad SMARTS) is 1. The van der Waals surface area contributed by atoms with Crippen molar-refractivity contribution in [3.8, 4) is 0 Å². The molecule has 0 aromatic heterocycles. The van der Waals surface area contributed by atoms with Crippen molar-refractivity contribution in [2.75, 3.05) is 0 Å². The number of hydrogen-bond acceptors (Lipinski definition) is 1. The number of rotatable bonds is 8. The standard InChI is InChI=1S/C23H24O2P.C3H5.Pd/c1-17-10-4-7-13-20(17)26(16-23(24)25,21-14-8-5-11-18(21)2)22-15-9-6-12-19(22)3;1-3-2;/h4-16,26H,1-3H3,(H,24,25);3H,1-2H2;. The molecule has 0 aliphatic heterocycles. The zero-order valence-electron chi connectivity index (χ0n) is 17.7. The third-order valence-electron chi connectivity index (χ3n) is 5.56. The molecule has 1 atom stereocenters. The van der Waals surface area contributed by atoms with Crippen LogP contribution in [0, 0.1) is 20.8 Å². The Labute approximate surface area is 188 Å². The second-order valence-corrected chi connectivity index (χ2v) is 14.2. The fraction of sp³-hybridized carbons (Fsp3) is 0.192. The van der Waals surface area contributed by atoms with Crippen LogP contribution in [0.15, 0.2) is 85.5 Å². The Bertz CT molecular complexity index is 949. The average Bonchev–Trinajstić information content (AvgIpc) is 2.73. The normalized spacial score (nSPS) is 13.0. The van der Waals surface area contributed by atoms with Crippen LogP contribution in [0.2, 0.25) is 4.89 Å². The van der Waals surface area contributed by atoms with E-state index in [2.05, 4.69) is 81.9 Å². The molecule has 0 heterocycles. The van der Waals surface area contributed by atoms with Crippen LogP contribution in [-0.2, 0) is 22.8 Å². The molecule has 0 fully saturated rings. The van der Waals surface area contributed by atoms with Crippen molar-refractivity contribution in [2.45, 2.75) is 29.8 Å². The van der Waals surface area contributed by atoms with Gasteiger partial charge in [0.2, 0.25) is 0 Å². The molecule has 2 nitrogen and oxygen atoms in total. The third-order valence-corrected chi connectivity index (χ3v) is 15.4. The van der Waals surface area contributed by atoms with E-state index in [-0.39, 0.29) is 18.0 Å². The van der Waals surface area contributed by atoms with Gasteiger partial charge in [-0.2, -0.15) is 0 Å². The zero-order valence-corrected chi connectivity index (χ0v) is 20.2. The molecule has 0 saturated carbocycles. The van der Waals surface area contributed by atoms with E-state index in [4.69, 9.17) is 0 Å². The van der Waals surface area contributed by atoms with Crippen molar-refractivity contribution in [3.63, 3.8) is 0 Å². The van der Waals surface area contributed by atoms with Gasteiger partial charge in [-0.1, -0.05) is 0 Å². The molecule has 0 aliphatic carbocycles. The molecular weight excluding hydrogens is 482 g/mol. The predicted molar refractivity (Wildman–Crippen MR) is 127 cm³/mol. The summed E-state index contributed by atoms with van der Waals surface area (Å²) in [5.41, 5.74) is 3.48. The maximum atomic E-state index is 12.9. The molecule has 160 valence electrons. The molecule has 0 bridgehead atoms. The monoisotopic (exact) mass is 510 g/mol. The number of hydrogen-bond donors (Lipinski definition) is 1. The Balaban J connectivity index is 2.54. The van der Waals surface area contributed by atoms with Crippen LogP contribution >= 0.6 is 7.26 Å². The molecule has 3 rings (SSSR count). The van der Waals surface area contributed by atoms with Crippen molar-refractivity contribution in [2.24, 2.45) is 0 Å². The molecule has 0 radical (unpaired) electrons. The van der Waals surface area contributed by atoms with Gasteiger partial charge in [-0.15, -0.1) is 0 Å². The van der Waals surface area contributed by atoms with Gasteiger partial charge < -0.3 is 0 Å². The Kier molecular flexibility index (Phi) is 7.43. The van der Waals surface area contributed by atoms with Crippen molar-refractivity contribution >= 4 is 29.1 Å². The first-order chi connectivity index (χ1) is 14.4. The number of aryl methyl sites for hydroxylation is 3. The van der Waals surface area contributed by atoms with Crippen LogP contribution in [-0.4, -0.2) is 15.2 Å². The van der Waals surface area contributed by atoms with Gasteiger partial charge in [0, 0.05) is 0 Å². The van der Waals surface area contributed by atoms with Crippen LogP contribution in [0.4, 0.5) is 0 Å². The van der Waals surface area contributed by atoms with Gasteiger partial charge >= 0.3 is 189 Å². The van der Waals surface area contributed by atoms with E-state index in [0.29, 0.717) is 0 Å². The minimum absolute atomic E-state index is 0.0196. The second-order valence-electron chi connectivity index (χ2n) is 7.46. The molecule has 0 aliphatic rings. The SMILES string of the molecule is C=C[CH2][Pd][CH](C(=O)O)[PH](c1ccccc1C)(c1ccccc1C)c1ccccc1C.